The van der Waals surface area contributed by atoms with Gasteiger partial charge in [-0.1, -0.05) is 19.1 Å². The average Bonchev–Trinajstić information content (AvgIpc) is 3.10. The Balaban J connectivity index is 1.80. The first-order chi connectivity index (χ1) is 13.1. The van der Waals surface area contributed by atoms with Gasteiger partial charge in [0.15, 0.2) is 11.5 Å². The van der Waals surface area contributed by atoms with Gasteiger partial charge in [-0.2, -0.15) is 0 Å². The zero-order chi connectivity index (χ0) is 19.0. The molecule has 0 radical (unpaired) electrons. The Morgan fingerprint density at radius 2 is 1.70 bits per heavy atom. The molecule has 0 spiro atoms. The summed E-state index contributed by atoms with van der Waals surface area (Å²) in [7, 11) is 0. The van der Waals surface area contributed by atoms with Gasteiger partial charge < -0.3 is 23.7 Å². The second-order valence-electron chi connectivity index (χ2n) is 7.06. The standard InChI is InChI=1S/C22H26O5/c1-5-23-16-9-7-15(8-10-16)21-14(3)22(4,26-6-2)27-18-12-20-19(11-17(18)21)24-13-25-20/h7-12,14,21H,5-6,13H2,1-4H3. The molecule has 2 aromatic carbocycles. The van der Waals surface area contributed by atoms with E-state index >= 15 is 0 Å². The van der Waals surface area contributed by atoms with E-state index in [4.69, 9.17) is 23.7 Å². The zero-order valence-electron chi connectivity index (χ0n) is 16.3. The quantitative estimate of drug-likeness (QED) is 0.762. The average molecular weight is 370 g/mol. The van der Waals surface area contributed by atoms with Gasteiger partial charge in [0.25, 0.3) is 0 Å². The fourth-order valence-electron chi connectivity index (χ4n) is 4.01. The van der Waals surface area contributed by atoms with Gasteiger partial charge in [0.2, 0.25) is 12.6 Å². The van der Waals surface area contributed by atoms with Crippen LogP contribution in [-0.2, 0) is 4.74 Å². The van der Waals surface area contributed by atoms with Crippen LogP contribution in [0.3, 0.4) is 0 Å². The van der Waals surface area contributed by atoms with E-state index in [1.54, 1.807) is 0 Å². The van der Waals surface area contributed by atoms with Crippen LogP contribution in [0.25, 0.3) is 0 Å². The van der Waals surface area contributed by atoms with Gasteiger partial charge in [0.05, 0.1) is 6.61 Å². The van der Waals surface area contributed by atoms with Crippen LogP contribution in [0.2, 0.25) is 0 Å². The van der Waals surface area contributed by atoms with Crippen molar-refractivity contribution in [3.05, 3.63) is 47.5 Å². The van der Waals surface area contributed by atoms with Crippen LogP contribution in [0.5, 0.6) is 23.0 Å². The Kier molecular flexibility index (Phi) is 4.64. The van der Waals surface area contributed by atoms with Crippen molar-refractivity contribution in [2.45, 2.75) is 39.4 Å². The molecule has 0 aromatic heterocycles. The van der Waals surface area contributed by atoms with Gasteiger partial charge >= 0.3 is 0 Å². The van der Waals surface area contributed by atoms with Gasteiger partial charge in [0, 0.05) is 37.0 Å². The molecule has 3 unspecified atom stereocenters. The Bertz CT molecular complexity index is 816. The fourth-order valence-corrected chi connectivity index (χ4v) is 4.01. The van der Waals surface area contributed by atoms with Crippen molar-refractivity contribution in [1.29, 1.82) is 0 Å². The van der Waals surface area contributed by atoms with E-state index in [1.165, 1.54) is 5.56 Å². The second-order valence-corrected chi connectivity index (χ2v) is 7.06. The molecule has 0 fully saturated rings. The van der Waals surface area contributed by atoms with E-state index in [2.05, 4.69) is 19.1 Å². The molecule has 5 heteroatoms. The molecule has 4 rings (SSSR count). The summed E-state index contributed by atoms with van der Waals surface area (Å²) in [5.41, 5.74) is 2.29. The molecule has 144 valence electrons. The molecule has 2 aliphatic heterocycles. The summed E-state index contributed by atoms with van der Waals surface area (Å²) in [6.07, 6.45) is 0. The van der Waals surface area contributed by atoms with E-state index < -0.39 is 5.79 Å². The highest BCUT2D eigenvalue weighted by Crippen LogP contribution is 2.52. The monoisotopic (exact) mass is 370 g/mol. The molecule has 0 amide bonds. The Labute approximate surface area is 160 Å². The van der Waals surface area contributed by atoms with E-state index in [-0.39, 0.29) is 18.6 Å². The minimum Gasteiger partial charge on any atom is -0.494 e. The van der Waals surface area contributed by atoms with Gasteiger partial charge in [-0.3, -0.25) is 0 Å². The van der Waals surface area contributed by atoms with Crippen molar-refractivity contribution >= 4 is 0 Å². The van der Waals surface area contributed by atoms with Crippen molar-refractivity contribution in [2.24, 2.45) is 5.92 Å². The van der Waals surface area contributed by atoms with Crippen molar-refractivity contribution in [3.8, 4) is 23.0 Å². The third kappa shape index (κ3) is 3.10. The summed E-state index contributed by atoms with van der Waals surface area (Å²) >= 11 is 0. The van der Waals surface area contributed by atoms with E-state index in [0.29, 0.717) is 19.0 Å². The maximum atomic E-state index is 6.33. The fraction of sp³-hybridized carbons (Fsp3) is 0.455. The second kappa shape index (κ2) is 6.97. The molecule has 2 heterocycles. The molecule has 0 saturated carbocycles. The third-order valence-corrected chi connectivity index (χ3v) is 5.46. The number of rotatable bonds is 5. The van der Waals surface area contributed by atoms with E-state index in [9.17, 15) is 0 Å². The zero-order valence-corrected chi connectivity index (χ0v) is 16.3. The van der Waals surface area contributed by atoms with Crippen molar-refractivity contribution in [3.63, 3.8) is 0 Å². The van der Waals surface area contributed by atoms with Gasteiger partial charge in [-0.25, -0.2) is 0 Å². The SMILES string of the molecule is CCOc1ccc(C2c3cc4c(cc3OC(C)(OCC)C2C)OCO4)cc1. The molecule has 2 aliphatic rings. The number of ether oxygens (including phenoxy) is 5. The summed E-state index contributed by atoms with van der Waals surface area (Å²) in [6, 6.07) is 12.2. The van der Waals surface area contributed by atoms with Crippen molar-refractivity contribution < 1.29 is 23.7 Å². The van der Waals surface area contributed by atoms with Gasteiger partial charge in [0.1, 0.15) is 11.5 Å². The van der Waals surface area contributed by atoms with Crippen LogP contribution in [0.4, 0.5) is 0 Å². The molecule has 0 aliphatic carbocycles. The van der Waals surface area contributed by atoms with E-state index in [1.807, 2.05) is 45.0 Å². The summed E-state index contributed by atoms with van der Waals surface area (Å²) in [4.78, 5) is 0. The van der Waals surface area contributed by atoms with Crippen LogP contribution in [-0.4, -0.2) is 25.8 Å². The molecule has 3 atom stereocenters. The van der Waals surface area contributed by atoms with Crippen molar-refractivity contribution in [2.75, 3.05) is 20.0 Å². The maximum Gasteiger partial charge on any atom is 0.231 e. The Morgan fingerprint density at radius 3 is 2.37 bits per heavy atom. The first-order valence-electron chi connectivity index (χ1n) is 9.55. The molecular formula is C22H26O5. The molecule has 5 nitrogen and oxygen atoms in total. The van der Waals surface area contributed by atoms with Crippen LogP contribution in [0, 0.1) is 5.92 Å². The first-order valence-corrected chi connectivity index (χ1v) is 9.55. The number of hydrogen-bond donors (Lipinski definition) is 0. The highest BCUT2D eigenvalue weighted by molar-refractivity contribution is 5.56. The number of benzene rings is 2. The summed E-state index contributed by atoms with van der Waals surface area (Å²) in [5, 5.41) is 0. The lowest BCUT2D eigenvalue weighted by molar-refractivity contribution is -0.209. The lowest BCUT2D eigenvalue weighted by atomic mass is 9.75. The molecular weight excluding hydrogens is 344 g/mol. The van der Waals surface area contributed by atoms with Crippen molar-refractivity contribution in [1.82, 2.24) is 0 Å². The largest absolute Gasteiger partial charge is 0.494 e. The van der Waals surface area contributed by atoms with Crippen LogP contribution < -0.4 is 18.9 Å². The Hall–Kier alpha value is -2.40. The predicted octanol–water partition coefficient (Wildman–Crippen LogP) is 4.73. The van der Waals surface area contributed by atoms with Gasteiger partial charge in [-0.15, -0.1) is 0 Å². The highest BCUT2D eigenvalue weighted by atomic mass is 16.7. The molecule has 0 saturated heterocycles. The number of fused-ring (bicyclic) bond motifs is 2. The first kappa shape index (κ1) is 18.0. The van der Waals surface area contributed by atoms with Crippen LogP contribution >= 0.6 is 0 Å². The topological polar surface area (TPSA) is 46.2 Å². The van der Waals surface area contributed by atoms with Crippen LogP contribution in [0.15, 0.2) is 36.4 Å². The lowest BCUT2D eigenvalue weighted by Crippen LogP contribution is -2.48. The third-order valence-electron chi connectivity index (χ3n) is 5.46. The highest BCUT2D eigenvalue weighted by Gasteiger charge is 2.46. The van der Waals surface area contributed by atoms with Crippen LogP contribution in [0.1, 0.15) is 44.7 Å². The predicted molar refractivity (Wildman–Crippen MR) is 102 cm³/mol. The smallest absolute Gasteiger partial charge is 0.231 e. The lowest BCUT2D eigenvalue weighted by Gasteiger charge is -2.45. The Morgan fingerprint density at radius 1 is 1.00 bits per heavy atom. The molecule has 0 N–H and O–H groups in total. The normalized spacial score (nSPS) is 25.6. The number of hydrogen-bond acceptors (Lipinski definition) is 5. The molecule has 27 heavy (non-hydrogen) atoms. The van der Waals surface area contributed by atoms with Gasteiger partial charge in [-0.05, 0) is 37.6 Å². The van der Waals surface area contributed by atoms with E-state index in [0.717, 1.165) is 22.8 Å². The maximum absolute atomic E-state index is 6.33. The summed E-state index contributed by atoms with van der Waals surface area (Å²) < 4.78 is 29.1. The summed E-state index contributed by atoms with van der Waals surface area (Å²) in [6.45, 7) is 9.63. The minimum atomic E-state index is -0.724. The molecule has 2 aromatic rings. The summed E-state index contributed by atoms with van der Waals surface area (Å²) in [5.74, 6) is 2.62. The molecule has 0 bridgehead atoms. The minimum absolute atomic E-state index is 0.100.